The predicted octanol–water partition coefficient (Wildman–Crippen LogP) is 14.9. The van der Waals surface area contributed by atoms with Crippen LogP contribution in [0.25, 0.3) is 34.4 Å². The Balaban J connectivity index is 1.36. The van der Waals surface area contributed by atoms with Gasteiger partial charge in [-0.2, -0.15) is 0 Å². The summed E-state index contributed by atoms with van der Waals surface area (Å²) in [5.41, 5.74) is 16.0. The molecule has 0 bridgehead atoms. The van der Waals surface area contributed by atoms with Gasteiger partial charge in [0.15, 0.2) is 0 Å². The zero-order valence-corrected chi connectivity index (χ0v) is 32.7. The van der Waals surface area contributed by atoms with E-state index >= 15 is 0 Å². The first kappa shape index (κ1) is 39.3. The molecule has 272 valence electrons. The molecular formula is C53H54O. The molecule has 4 aromatic carbocycles. The largest absolute Gasteiger partial charge is 0.494 e. The van der Waals surface area contributed by atoms with E-state index in [0.717, 1.165) is 24.2 Å². The van der Waals surface area contributed by atoms with Crippen LogP contribution in [0.15, 0.2) is 188 Å². The molecule has 0 fully saturated rings. The molecule has 4 aromatic rings. The van der Waals surface area contributed by atoms with Gasteiger partial charge in [0, 0.05) is 0 Å². The van der Waals surface area contributed by atoms with Crippen LogP contribution in [0.5, 0.6) is 5.75 Å². The Hall–Kier alpha value is -5.92. The Bertz CT molecular complexity index is 2150. The molecule has 1 nitrogen and oxygen atoms in total. The number of hydrogen-bond donors (Lipinski definition) is 0. The molecule has 0 saturated heterocycles. The molecule has 1 aliphatic carbocycles. The van der Waals surface area contributed by atoms with Gasteiger partial charge in [0.05, 0.1) is 6.61 Å². The van der Waals surface area contributed by atoms with Crippen molar-refractivity contribution in [2.75, 3.05) is 6.61 Å². The lowest BCUT2D eigenvalue weighted by Gasteiger charge is -2.21. The molecule has 0 spiro atoms. The van der Waals surface area contributed by atoms with Crippen molar-refractivity contribution in [1.82, 2.24) is 0 Å². The fraction of sp³-hybridized carbons (Fsp3) is 0.170. The summed E-state index contributed by atoms with van der Waals surface area (Å²) in [5.74, 6) is 1.20. The first-order chi connectivity index (χ1) is 26.4. The lowest BCUT2D eigenvalue weighted by atomic mass is 9.83. The molecular weight excluding hydrogens is 653 g/mol. The number of rotatable bonds is 15. The third kappa shape index (κ3) is 10.1. The van der Waals surface area contributed by atoms with Crippen LogP contribution in [0, 0.1) is 6.92 Å². The summed E-state index contributed by atoms with van der Waals surface area (Å²) in [6, 6.07) is 32.9. The lowest BCUT2D eigenvalue weighted by molar-refractivity contribution is 0.340. The van der Waals surface area contributed by atoms with Gasteiger partial charge < -0.3 is 4.74 Å². The predicted molar refractivity (Wildman–Crippen MR) is 237 cm³/mol. The van der Waals surface area contributed by atoms with Crippen LogP contribution in [0.1, 0.15) is 79.8 Å². The quantitative estimate of drug-likeness (QED) is 0.0883. The van der Waals surface area contributed by atoms with Crippen molar-refractivity contribution in [2.24, 2.45) is 0 Å². The number of hydrogen-bond acceptors (Lipinski definition) is 1. The van der Waals surface area contributed by atoms with Crippen molar-refractivity contribution in [2.45, 2.75) is 53.4 Å². The van der Waals surface area contributed by atoms with Gasteiger partial charge in [0.2, 0.25) is 0 Å². The Morgan fingerprint density at radius 3 is 2.20 bits per heavy atom. The molecule has 1 atom stereocenters. The second-order valence-corrected chi connectivity index (χ2v) is 13.7. The van der Waals surface area contributed by atoms with Gasteiger partial charge in [0.1, 0.15) is 5.75 Å². The second-order valence-electron chi connectivity index (χ2n) is 13.7. The van der Waals surface area contributed by atoms with Crippen molar-refractivity contribution >= 4 is 23.3 Å². The highest BCUT2D eigenvalue weighted by Gasteiger charge is 2.18. The van der Waals surface area contributed by atoms with E-state index in [1.165, 1.54) is 66.8 Å². The Kier molecular flexibility index (Phi) is 14.4. The highest BCUT2D eigenvalue weighted by molar-refractivity contribution is 5.87. The smallest absolute Gasteiger partial charge is 0.119 e. The molecule has 0 heterocycles. The average molecular weight is 707 g/mol. The summed E-state index contributed by atoms with van der Waals surface area (Å²) < 4.78 is 5.77. The van der Waals surface area contributed by atoms with Gasteiger partial charge >= 0.3 is 0 Å². The number of aryl methyl sites for hydroxylation is 1. The monoisotopic (exact) mass is 706 g/mol. The summed E-state index contributed by atoms with van der Waals surface area (Å²) in [5, 5.41) is 0. The SMILES string of the molecule is C=C\C=C/C=C(CC(C)c1ccc(-c2ccc(/C=C\c3cccc(C)c3/C(C=C)=C(C)/C=C\C)cc2)cc1)/C(=C1/C=CC=CC1)c1ccc(OCC)cc1. The van der Waals surface area contributed by atoms with E-state index < -0.39 is 0 Å². The minimum absolute atomic E-state index is 0.307. The Morgan fingerprint density at radius 1 is 0.852 bits per heavy atom. The van der Waals surface area contributed by atoms with E-state index in [4.69, 9.17) is 4.74 Å². The molecule has 0 N–H and O–H groups in total. The van der Waals surface area contributed by atoms with Crippen LogP contribution < -0.4 is 4.74 Å². The lowest BCUT2D eigenvalue weighted by Crippen LogP contribution is -2.02. The molecule has 0 radical (unpaired) electrons. The minimum atomic E-state index is 0.307. The van der Waals surface area contributed by atoms with E-state index in [9.17, 15) is 0 Å². The maximum atomic E-state index is 5.77. The summed E-state index contributed by atoms with van der Waals surface area (Å²) in [7, 11) is 0. The number of ether oxygens (including phenoxy) is 1. The molecule has 1 unspecified atom stereocenters. The highest BCUT2D eigenvalue weighted by Crippen LogP contribution is 2.38. The van der Waals surface area contributed by atoms with Crippen molar-refractivity contribution in [3.63, 3.8) is 0 Å². The van der Waals surface area contributed by atoms with Crippen LogP contribution in [-0.2, 0) is 0 Å². The van der Waals surface area contributed by atoms with Gasteiger partial charge in [-0.3, -0.25) is 0 Å². The normalized spacial score (nSPS) is 15.2. The van der Waals surface area contributed by atoms with Crippen LogP contribution in [0.3, 0.4) is 0 Å². The first-order valence-corrected chi connectivity index (χ1v) is 19.1. The summed E-state index contributed by atoms with van der Waals surface area (Å²) in [6.45, 7) is 19.4. The maximum Gasteiger partial charge on any atom is 0.119 e. The summed E-state index contributed by atoms with van der Waals surface area (Å²) >= 11 is 0. The van der Waals surface area contributed by atoms with Crippen LogP contribution >= 0.6 is 0 Å². The molecule has 0 aliphatic heterocycles. The molecule has 5 rings (SSSR count). The summed E-state index contributed by atoms with van der Waals surface area (Å²) in [6.07, 6.45) is 29.3. The Labute approximate surface area is 324 Å². The third-order valence-electron chi connectivity index (χ3n) is 9.85. The minimum Gasteiger partial charge on any atom is -0.494 e. The van der Waals surface area contributed by atoms with E-state index in [0.29, 0.717) is 12.5 Å². The third-order valence-corrected chi connectivity index (χ3v) is 9.85. The van der Waals surface area contributed by atoms with Crippen molar-refractivity contribution < 1.29 is 4.74 Å². The van der Waals surface area contributed by atoms with Crippen molar-refractivity contribution in [3.8, 4) is 16.9 Å². The first-order valence-electron chi connectivity index (χ1n) is 19.1. The molecule has 1 heteroatoms. The number of allylic oxidation sites excluding steroid dienone is 16. The molecule has 54 heavy (non-hydrogen) atoms. The van der Waals surface area contributed by atoms with Gasteiger partial charge in [0.25, 0.3) is 0 Å². The van der Waals surface area contributed by atoms with E-state index in [2.05, 4.69) is 186 Å². The Morgan fingerprint density at radius 2 is 1.57 bits per heavy atom. The standard InChI is InChI=1S/C53H54O/c1-8-12-14-22-49(53(46-20-15-13-16-21-46)48-34-36-50(37-35-48)54-11-4)38-41(7)43-30-32-45(33-31-43)44-27-24-42(25-28-44)26-29-47-23-17-19-40(6)52(47)51(10-3)39(5)18-9-2/h8-10,12-20,22-37,41H,1,3,11,21,38H2,2,4-7H3/b14-12-,18-9-,29-26-,49-22+,51-39+,53-46-. The van der Waals surface area contributed by atoms with Crippen molar-refractivity contribution in [3.05, 3.63) is 221 Å². The number of benzene rings is 4. The zero-order chi connectivity index (χ0) is 38.3. The van der Waals surface area contributed by atoms with Gasteiger partial charge in [-0.25, -0.2) is 0 Å². The zero-order valence-electron chi connectivity index (χ0n) is 32.7. The fourth-order valence-electron chi connectivity index (χ4n) is 7.09. The van der Waals surface area contributed by atoms with Crippen LogP contribution in [-0.4, -0.2) is 6.61 Å². The van der Waals surface area contributed by atoms with E-state index in [1.807, 2.05) is 32.1 Å². The van der Waals surface area contributed by atoms with E-state index in [-0.39, 0.29) is 0 Å². The summed E-state index contributed by atoms with van der Waals surface area (Å²) in [4.78, 5) is 0. The van der Waals surface area contributed by atoms with Crippen LogP contribution in [0.2, 0.25) is 0 Å². The van der Waals surface area contributed by atoms with Gasteiger partial charge in [-0.15, -0.1) is 0 Å². The van der Waals surface area contributed by atoms with Gasteiger partial charge in [-0.05, 0) is 131 Å². The van der Waals surface area contributed by atoms with Crippen LogP contribution in [0.4, 0.5) is 0 Å². The molecule has 0 amide bonds. The average Bonchev–Trinajstić information content (AvgIpc) is 3.20. The van der Waals surface area contributed by atoms with E-state index in [1.54, 1.807) is 0 Å². The fourth-order valence-corrected chi connectivity index (χ4v) is 7.09. The highest BCUT2D eigenvalue weighted by atomic mass is 16.5. The maximum absolute atomic E-state index is 5.77. The molecule has 1 aliphatic rings. The topological polar surface area (TPSA) is 9.23 Å². The van der Waals surface area contributed by atoms with Crippen molar-refractivity contribution in [1.29, 1.82) is 0 Å². The molecule has 0 saturated carbocycles. The second kappa shape index (κ2) is 19.8. The van der Waals surface area contributed by atoms with Gasteiger partial charge in [-0.1, -0.05) is 178 Å². The molecule has 0 aromatic heterocycles.